The van der Waals surface area contributed by atoms with Gasteiger partial charge in [-0.05, 0) is 49.9 Å². The molecule has 3 aliphatic carbocycles. The lowest BCUT2D eigenvalue weighted by Gasteiger charge is -2.28. The molecule has 1 N–H and O–H groups in total. The molecule has 0 radical (unpaired) electrons. The monoisotopic (exact) mass is 166 g/mol. The van der Waals surface area contributed by atoms with Crippen molar-refractivity contribution in [3.63, 3.8) is 0 Å². The molecule has 3 rings (SSSR count). The van der Waals surface area contributed by atoms with Gasteiger partial charge in [0.05, 0.1) is 5.60 Å². The van der Waals surface area contributed by atoms with Crippen LogP contribution in [0.3, 0.4) is 0 Å². The molecule has 12 heavy (non-hydrogen) atoms. The third kappa shape index (κ3) is 1.19. The highest BCUT2D eigenvalue weighted by Crippen LogP contribution is 2.56. The number of aliphatic hydroxyl groups is 1. The zero-order valence-electron chi connectivity index (χ0n) is 7.63. The summed E-state index contributed by atoms with van der Waals surface area (Å²) in [6, 6.07) is 0. The van der Waals surface area contributed by atoms with E-state index in [9.17, 15) is 5.11 Å². The van der Waals surface area contributed by atoms with Crippen LogP contribution in [0.4, 0.5) is 0 Å². The van der Waals surface area contributed by atoms with Crippen molar-refractivity contribution in [1.82, 2.24) is 0 Å². The Morgan fingerprint density at radius 3 is 1.75 bits per heavy atom. The molecule has 1 nitrogen and oxygen atoms in total. The zero-order chi connectivity index (χ0) is 8.18. The Labute approximate surface area is 74.2 Å². The Bertz CT molecular complexity index is 175. The first-order valence-electron chi connectivity index (χ1n) is 5.51. The Morgan fingerprint density at radius 2 is 1.42 bits per heavy atom. The van der Waals surface area contributed by atoms with E-state index in [4.69, 9.17) is 0 Å². The van der Waals surface area contributed by atoms with Crippen LogP contribution in [0.1, 0.15) is 44.9 Å². The first-order chi connectivity index (χ1) is 5.79. The van der Waals surface area contributed by atoms with Crippen LogP contribution in [-0.2, 0) is 0 Å². The van der Waals surface area contributed by atoms with E-state index in [-0.39, 0.29) is 5.60 Å². The highest BCUT2D eigenvalue weighted by atomic mass is 16.3. The summed E-state index contributed by atoms with van der Waals surface area (Å²) >= 11 is 0. The number of hydrogen-bond acceptors (Lipinski definition) is 1. The van der Waals surface area contributed by atoms with E-state index in [0.29, 0.717) is 11.8 Å². The molecule has 68 valence electrons. The molecule has 0 bridgehead atoms. The molecule has 1 heteroatoms. The summed E-state index contributed by atoms with van der Waals surface area (Å²) in [5.41, 5.74) is -0.193. The minimum Gasteiger partial charge on any atom is -0.389 e. The van der Waals surface area contributed by atoms with E-state index in [1.54, 1.807) is 0 Å². The summed E-state index contributed by atoms with van der Waals surface area (Å²) in [6.07, 6.45) is 9.14. The first-order valence-corrected chi connectivity index (χ1v) is 5.51. The second kappa shape index (κ2) is 2.25. The van der Waals surface area contributed by atoms with Gasteiger partial charge in [0.25, 0.3) is 0 Å². The van der Waals surface area contributed by atoms with E-state index >= 15 is 0 Å². The van der Waals surface area contributed by atoms with Gasteiger partial charge in [-0.1, -0.05) is 12.8 Å². The fourth-order valence-electron chi connectivity index (χ4n) is 2.62. The van der Waals surface area contributed by atoms with Gasteiger partial charge in [0.15, 0.2) is 0 Å². The summed E-state index contributed by atoms with van der Waals surface area (Å²) in [7, 11) is 0. The molecular weight excluding hydrogens is 148 g/mol. The van der Waals surface area contributed by atoms with E-state index in [1.165, 1.54) is 38.5 Å². The molecule has 0 atom stereocenters. The van der Waals surface area contributed by atoms with Crippen LogP contribution in [0.15, 0.2) is 0 Å². The van der Waals surface area contributed by atoms with Crippen LogP contribution in [0.5, 0.6) is 0 Å². The molecule has 0 amide bonds. The van der Waals surface area contributed by atoms with Crippen molar-refractivity contribution in [2.75, 3.05) is 0 Å². The number of rotatable bonds is 4. The van der Waals surface area contributed by atoms with Crippen molar-refractivity contribution in [1.29, 1.82) is 0 Å². The molecule has 0 aromatic rings. The van der Waals surface area contributed by atoms with Crippen LogP contribution in [0.25, 0.3) is 0 Å². The summed E-state index contributed by atoms with van der Waals surface area (Å²) in [6.45, 7) is 0. The average Bonchev–Trinajstić information content (AvgIpc) is 2.80. The number of hydrogen-bond donors (Lipinski definition) is 1. The summed E-state index contributed by atoms with van der Waals surface area (Å²) < 4.78 is 0. The van der Waals surface area contributed by atoms with Gasteiger partial charge in [0, 0.05) is 0 Å². The molecule has 3 aliphatic rings. The maximum Gasteiger partial charge on any atom is 0.0706 e. The second-order valence-electron chi connectivity index (χ2n) is 5.19. The van der Waals surface area contributed by atoms with E-state index in [1.807, 2.05) is 0 Å². The third-order valence-corrected chi connectivity index (χ3v) is 3.88. The van der Waals surface area contributed by atoms with Gasteiger partial charge in [-0.3, -0.25) is 0 Å². The van der Waals surface area contributed by atoms with E-state index in [2.05, 4.69) is 0 Å². The van der Waals surface area contributed by atoms with E-state index < -0.39 is 0 Å². The zero-order valence-corrected chi connectivity index (χ0v) is 7.63. The van der Waals surface area contributed by atoms with Crippen LogP contribution in [0.2, 0.25) is 0 Å². The Hall–Kier alpha value is -0.0400. The Balaban J connectivity index is 1.70. The van der Waals surface area contributed by atoms with Gasteiger partial charge in [-0.25, -0.2) is 0 Å². The molecule has 0 heterocycles. The third-order valence-electron chi connectivity index (χ3n) is 3.88. The second-order valence-corrected chi connectivity index (χ2v) is 5.19. The Morgan fingerprint density at radius 1 is 0.917 bits per heavy atom. The minimum absolute atomic E-state index is 0.193. The molecule has 0 saturated heterocycles. The molecule has 0 spiro atoms. The largest absolute Gasteiger partial charge is 0.389 e. The first kappa shape index (κ1) is 7.37. The molecule has 3 saturated carbocycles. The smallest absolute Gasteiger partial charge is 0.0706 e. The molecule has 0 aliphatic heterocycles. The summed E-state index contributed by atoms with van der Waals surface area (Å²) in [4.78, 5) is 0. The van der Waals surface area contributed by atoms with Gasteiger partial charge >= 0.3 is 0 Å². The highest BCUT2D eigenvalue weighted by Gasteiger charge is 2.54. The highest BCUT2D eigenvalue weighted by molar-refractivity contribution is 5.05. The lowest BCUT2D eigenvalue weighted by molar-refractivity contribution is -0.0179. The van der Waals surface area contributed by atoms with Crippen LogP contribution in [-0.4, -0.2) is 10.7 Å². The van der Waals surface area contributed by atoms with Crippen LogP contribution in [0, 0.1) is 17.8 Å². The lowest BCUT2D eigenvalue weighted by atomic mass is 9.86. The molecule has 3 fully saturated rings. The van der Waals surface area contributed by atoms with E-state index in [0.717, 1.165) is 12.3 Å². The minimum atomic E-state index is -0.193. The maximum atomic E-state index is 10.5. The Kier molecular flexibility index (Phi) is 1.39. The molecule has 0 aromatic carbocycles. The van der Waals surface area contributed by atoms with Crippen molar-refractivity contribution < 1.29 is 5.11 Å². The van der Waals surface area contributed by atoms with Gasteiger partial charge in [0.1, 0.15) is 0 Å². The fraction of sp³-hybridized carbons (Fsp3) is 1.00. The van der Waals surface area contributed by atoms with Crippen molar-refractivity contribution in [3.05, 3.63) is 0 Å². The SMILES string of the molecule is OC(CC1CC1)(C1CC1)C1CC1. The van der Waals surface area contributed by atoms with Crippen LogP contribution < -0.4 is 0 Å². The van der Waals surface area contributed by atoms with Gasteiger partial charge in [-0.2, -0.15) is 0 Å². The standard InChI is InChI=1S/C11H18O/c12-11(9-3-4-9,10-5-6-10)7-8-1-2-8/h8-10,12H,1-7H2. The van der Waals surface area contributed by atoms with Crippen molar-refractivity contribution in [2.24, 2.45) is 17.8 Å². The molecular formula is C11H18O. The van der Waals surface area contributed by atoms with Crippen molar-refractivity contribution in [2.45, 2.75) is 50.5 Å². The lowest BCUT2D eigenvalue weighted by Crippen LogP contribution is -2.34. The average molecular weight is 166 g/mol. The van der Waals surface area contributed by atoms with Crippen LogP contribution >= 0.6 is 0 Å². The van der Waals surface area contributed by atoms with Gasteiger partial charge in [0.2, 0.25) is 0 Å². The van der Waals surface area contributed by atoms with Crippen molar-refractivity contribution >= 4 is 0 Å². The fourth-order valence-corrected chi connectivity index (χ4v) is 2.62. The topological polar surface area (TPSA) is 20.2 Å². The predicted molar refractivity (Wildman–Crippen MR) is 47.7 cm³/mol. The summed E-state index contributed by atoms with van der Waals surface area (Å²) in [5, 5.41) is 10.5. The predicted octanol–water partition coefficient (Wildman–Crippen LogP) is 2.34. The quantitative estimate of drug-likeness (QED) is 0.679. The molecule has 0 aromatic heterocycles. The normalized spacial score (nSPS) is 30.8. The molecule has 0 unspecified atom stereocenters. The van der Waals surface area contributed by atoms with Gasteiger partial charge in [-0.15, -0.1) is 0 Å². The summed E-state index contributed by atoms with van der Waals surface area (Å²) in [5.74, 6) is 2.30. The van der Waals surface area contributed by atoms with Gasteiger partial charge < -0.3 is 5.11 Å². The van der Waals surface area contributed by atoms with Crippen molar-refractivity contribution in [3.8, 4) is 0 Å². The maximum absolute atomic E-state index is 10.5.